The summed E-state index contributed by atoms with van der Waals surface area (Å²) in [7, 11) is 0. The van der Waals surface area contributed by atoms with Crippen molar-refractivity contribution in [3.05, 3.63) is 78.1 Å². The first-order valence-corrected chi connectivity index (χ1v) is 8.35. The Morgan fingerprint density at radius 3 is 2.83 bits per heavy atom. The Kier molecular flexibility index (Phi) is 3.42. The fourth-order valence-corrected chi connectivity index (χ4v) is 3.50. The molecule has 24 heavy (non-hydrogen) atoms. The molecular weight excluding hydrogens is 294 g/mol. The number of hydrogen-bond donors (Lipinski definition) is 0. The van der Waals surface area contributed by atoms with Crippen LogP contribution in [0, 0.1) is 0 Å². The summed E-state index contributed by atoms with van der Waals surface area (Å²) in [6, 6.07) is 10.5. The van der Waals surface area contributed by atoms with Crippen molar-refractivity contribution in [1.29, 1.82) is 0 Å². The summed E-state index contributed by atoms with van der Waals surface area (Å²) in [5.41, 5.74) is 7.10. The highest BCUT2D eigenvalue weighted by Crippen LogP contribution is 2.41. The average molecular weight is 315 g/mol. The van der Waals surface area contributed by atoms with Gasteiger partial charge in [0, 0.05) is 24.4 Å². The topological polar surface area (TPSA) is 22.1 Å². The van der Waals surface area contributed by atoms with Gasteiger partial charge in [0.05, 0.1) is 0 Å². The minimum absolute atomic E-state index is 0.173. The minimum Gasteiger partial charge on any atom is -0.487 e. The molecule has 0 saturated heterocycles. The zero-order valence-corrected chi connectivity index (χ0v) is 14.2. The summed E-state index contributed by atoms with van der Waals surface area (Å²) >= 11 is 0. The third kappa shape index (κ3) is 2.69. The lowest BCUT2D eigenvalue weighted by atomic mass is 9.88. The van der Waals surface area contributed by atoms with Crippen LogP contribution in [0.5, 0.6) is 5.75 Å². The molecule has 4 rings (SSSR count). The van der Waals surface area contributed by atoms with Gasteiger partial charge in [-0.25, -0.2) is 0 Å². The molecule has 2 aromatic rings. The lowest BCUT2D eigenvalue weighted by molar-refractivity contribution is 0.108. The van der Waals surface area contributed by atoms with Gasteiger partial charge in [-0.15, -0.1) is 0 Å². The predicted molar refractivity (Wildman–Crippen MR) is 99.6 cm³/mol. The van der Waals surface area contributed by atoms with Crippen LogP contribution in [-0.4, -0.2) is 10.6 Å². The highest BCUT2D eigenvalue weighted by Gasteiger charge is 2.29. The molecule has 1 aromatic carbocycles. The fourth-order valence-electron chi connectivity index (χ4n) is 3.50. The molecule has 0 radical (unpaired) electrons. The molecule has 0 spiro atoms. The first kappa shape index (κ1) is 14.9. The second kappa shape index (κ2) is 5.48. The standard InChI is InChI=1S/C22H21NO/c1-15-13-22(2,3)24-21-9-8-18(12-20(15)21)16-6-7-17(11-16)19-5-4-10-23-14-19/h4-5,7-12,14H,1,6,13H2,2-3H3. The largest absolute Gasteiger partial charge is 0.487 e. The maximum atomic E-state index is 6.10. The van der Waals surface area contributed by atoms with Crippen molar-refractivity contribution < 1.29 is 4.74 Å². The molecular formula is C22H21NO. The van der Waals surface area contributed by atoms with Gasteiger partial charge >= 0.3 is 0 Å². The van der Waals surface area contributed by atoms with Crippen LogP contribution >= 0.6 is 0 Å². The van der Waals surface area contributed by atoms with Gasteiger partial charge in [-0.3, -0.25) is 4.98 Å². The molecule has 120 valence electrons. The summed E-state index contributed by atoms with van der Waals surface area (Å²) in [5.74, 6) is 0.944. The normalized spacial score (nSPS) is 18.5. The average Bonchev–Trinajstić information content (AvgIpc) is 3.04. The van der Waals surface area contributed by atoms with Gasteiger partial charge in [-0.1, -0.05) is 30.9 Å². The van der Waals surface area contributed by atoms with E-state index in [1.165, 1.54) is 22.3 Å². The molecule has 2 heteroatoms. The molecule has 0 saturated carbocycles. The van der Waals surface area contributed by atoms with E-state index >= 15 is 0 Å². The van der Waals surface area contributed by atoms with Crippen LogP contribution in [-0.2, 0) is 0 Å². The van der Waals surface area contributed by atoms with E-state index in [1.54, 1.807) is 6.20 Å². The van der Waals surface area contributed by atoms with Gasteiger partial charge < -0.3 is 4.74 Å². The summed E-state index contributed by atoms with van der Waals surface area (Å²) in [6.07, 6.45) is 10.1. The number of benzene rings is 1. The lowest BCUT2D eigenvalue weighted by Crippen LogP contribution is -2.31. The Balaban J connectivity index is 1.66. The summed E-state index contributed by atoms with van der Waals surface area (Å²) in [5, 5.41) is 0. The molecule has 0 amide bonds. The Morgan fingerprint density at radius 2 is 2.04 bits per heavy atom. The van der Waals surface area contributed by atoms with Gasteiger partial charge in [0.2, 0.25) is 0 Å². The predicted octanol–water partition coefficient (Wildman–Crippen LogP) is 5.53. The minimum atomic E-state index is -0.173. The monoisotopic (exact) mass is 315 g/mol. The highest BCUT2D eigenvalue weighted by molar-refractivity contribution is 5.90. The van der Waals surface area contributed by atoms with Crippen molar-refractivity contribution >= 4 is 16.7 Å². The van der Waals surface area contributed by atoms with Crippen LogP contribution in [0.1, 0.15) is 43.4 Å². The molecule has 0 unspecified atom stereocenters. The van der Waals surface area contributed by atoms with Crippen molar-refractivity contribution in [3.8, 4) is 5.75 Å². The van der Waals surface area contributed by atoms with E-state index in [9.17, 15) is 0 Å². The molecule has 0 atom stereocenters. The summed E-state index contributed by atoms with van der Waals surface area (Å²) < 4.78 is 6.10. The number of ether oxygens (including phenoxy) is 1. The smallest absolute Gasteiger partial charge is 0.127 e. The zero-order valence-electron chi connectivity index (χ0n) is 14.2. The van der Waals surface area contributed by atoms with E-state index in [-0.39, 0.29) is 5.60 Å². The number of aromatic nitrogens is 1. The molecule has 2 heterocycles. The van der Waals surface area contributed by atoms with E-state index in [0.29, 0.717) is 0 Å². The zero-order chi connectivity index (χ0) is 16.7. The number of pyridine rings is 1. The van der Waals surface area contributed by atoms with Crippen molar-refractivity contribution in [2.45, 2.75) is 32.3 Å². The van der Waals surface area contributed by atoms with Gasteiger partial charge in [-0.2, -0.15) is 0 Å². The Hall–Kier alpha value is -2.61. The Morgan fingerprint density at radius 1 is 1.17 bits per heavy atom. The van der Waals surface area contributed by atoms with Crippen molar-refractivity contribution in [2.75, 3.05) is 0 Å². The molecule has 1 aliphatic heterocycles. The van der Waals surface area contributed by atoms with Crippen LogP contribution < -0.4 is 4.74 Å². The molecule has 2 nitrogen and oxygen atoms in total. The number of allylic oxidation sites excluding steroid dienone is 4. The van der Waals surface area contributed by atoms with Gasteiger partial charge in [0.15, 0.2) is 0 Å². The Labute approximate surface area is 143 Å². The van der Waals surface area contributed by atoms with Gasteiger partial charge in [-0.05, 0) is 66.3 Å². The van der Waals surface area contributed by atoms with E-state index in [2.05, 4.69) is 61.8 Å². The second-order valence-corrected chi connectivity index (χ2v) is 7.13. The third-order valence-electron chi connectivity index (χ3n) is 4.62. The van der Waals surface area contributed by atoms with Crippen molar-refractivity contribution in [1.82, 2.24) is 4.98 Å². The number of fused-ring (bicyclic) bond motifs is 1. The maximum Gasteiger partial charge on any atom is 0.127 e. The van der Waals surface area contributed by atoms with Gasteiger partial charge in [0.1, 0.15) is 11.4 Å². The van der Waals surface area contributed by atoms with Crippen molar-refractivity contribution in [2.24, 2.45) is 0 Å². The SMILES string of the molecule is C=C1CC(C)(C)Oc2ccc(C3=CC(c4cccnc4)=CC3)cc21. The highest BCUT2D eigenvalue weighted by atomic mass is 16.5. The third-order valence-corrected chi connectivity index (χ3v) is 4.62. The van der Waals surface area contributed by atoms with Gasteiger partial charge in [0.25, 0.3) is 0 Å². The number of hydrogen-bond acceptors (Lipinski definition) is 2. The molecule has 0 bridgehead atoms. The summed E-state index contributed by atoms with van der Waals surface area (Å²) in [6.45, 7) is 8.48. The summed E-state index contributed by atoms with van der Waals surface area (Å²) in [4.78, 5) is 4.21. The Bertz CT molecular complexity index is 872. The maximum absolute atomic E-state index is 6.10. The first-order valence-electron chi connectivity index (χ1n) is 8.35. The van der Waals surface area contributed by atoms with Crippen LogP contribution in [0.2, 0.25) is 0 Å². The molecule has 2 aliphatic rings. The molecule has 1 aliphatic carbocycles. The number of nitrogens with zero attached hydrogens (tertiary/aromatic N) is 1. The lowest BCUT2D eigenvalue weighted by Gasteiger charge is -2.34. The van der Waals surface area contributed by atoms with E-state index in [4.69, 9.17) is 4.74 Å². The van der Waals surface area contributed by atoms with Crippen LogP contribution in [0.4, 0.5) is 0 Å². The van der Waals surface area contributed by atoms with Crippen LogP contribution in [0.15, 0.2) is 61.5 Å². The number of rotatable bonds is 2. The first-order chi connectivity index (χ1) is 11.5. The van der Waals surface area contributed by atoms with E-state index in [0.717, 1.165) is 29.7 Å². The van der Waals surface area contributed by atoms with E-state index < -0.39 is 0 Å². The van der Waals surface area contributed by atoms with Crippen LogP contribution in [0.25, 0.3) is 16.7 Å². The molecule has 0 fully saturated rings. The quantitative estimate of drug-likeness (QED) is 0.727. The van der Waals surface area contributed by atoms with E-state index in [1.807, 2.05) is 12.3 Å². The molecule has 1 aromatic heterocycles. The molecule has 0 N–H and O–H groups in total. The second-order valence-electron chi connectivity index (χ2n) is 7.13. The van der Waals surface area contributed by atoms with Crippen LogP contribution in [0.3, 0.4) is 0 Å². The fraction of sp³-hybridized carbons (Fsp3) is 0.227. The van der Waals surface area contributed by atoms with Crippen molar-refractivity contribution in [3.63, 3.8) is 0 Å².